The minimum atomic E-state index is -3.87. The van der Waals surface area contributed by atoms with Gasteiger partial charge >= 0.3 is 0 Å². The number of rotatable bonds is 6. The van der Waals surface area contributed by atoms with E-state index < -0.39 is 10.0 Å². The van der Waals surface area contributed by atoms with Crippen molar-refractivity contribution in [2.45, 2.75) is 39.5 Å². The van der Waals surface area contributed by atoms with Crippen LogP contribution in [0.2, 0.25) is 0 Å². The number of carbonyl (C=O) groups excluding carboxylic acids is 1. The summed E-state index contributed by atoms with van der Waals surface area (Å²) in [5, 5.41) is 2.86. The minimum Gasteiger partial charge on any atom is -0.494 e. The fourth-order valence-electron chi connectivity index (χ4n) is 3.63. The van der Waals surface area contributed by atoms with Crippen molar-refractivity contribution in [3.8, 4) is 5.75 Å². The van der Waals surface area contributed by atoms with Crippen molar-refractivity contribution in [2.24, 2.45) is 0 Å². The maximum Gasteiger partial charge on any atom is 0.262 e. The first kappa shape index (κ1) is 23.3. The Labute approximate surface area is 189 Å². The molecule has 0 spiro atoms. The van der Waals surface area contributed by atoms with E-state index in [1.165, 1.54) is 7.11 Å². The highest BCUT2D eigenvalue weighted by Gasteiger charge is 2.24. The zero-order chi connectivity index (χ0) is 23.6. The van der Waals surface area contributed by atoms with E-state index in [0.717, 1.165) is 11.1 Å². The maximum absolute atomic E-state index is 13.3. The van der Waals surface area contributed by atoms with Crippen LogP contribution in [0.3, 0.4) is 0 Å². The molecular weight excluding hydrogens is 424 g/mol. The molecule has 0 aliphatic rings. The summed E-state index contributed by atoms with van der Waals surface area (Å²) in [6, 6.07) is 14.1. The number of amides is 1. The summed E-state index contributed by atoms with van der Waals surface area (Å²) < 4.78 is 34.8. The van der Waals surface area contributed by atoms with Gasteiger partial charge in [0.25, 0.3) is 15.9 Å². The molecule has 0 aromatic heterocycles. The van der Waals surface area contributed by atoms with Crippen molar-refractivity contribution in [1.82, 2.24) is 0 Å². The quantitative estimate of drug-likeness (QED) is 0.532. The van der Waals surface area contributed by atoms with Gasteiger partial charge in [0.1, 0.15) is 5.75 Å². The molecule has 3 aromatic carbocycles. The van der Waals surface area contributed by atoms with Crippen molar-refractivity contribution >= 4 is 27.3 Å². The summed E-state index contributed by atoms with van der Waals surface area (Å²) in [7, 11) is -2.41. The number of sulfonamides is 1. The largest absolute Gasteiger partial charge is 0.494 e. The molecule has 32 heavy (non-hydrogen) atoms. The van der Waals surface area contributed by atoms with Gasteiger partial charge < -0.3 is 10.1 Å². The lowest BCUT2D eigenvalue weighted by molar-refractivity contribution is 0.102. The Morgan fingerprint density at radius 1 is 0.812 bits per heavy atom. The Bertz CT molecular complexity index is 1260. The average molecular weight is 453 g/mol. The Kier molecular flexibility index (Phi) is 6.60. The second-order valence-corrected chi connectivity index (χ2v) is 9.50. The van der Waals surface area contributed by atoms with Gasteiger partial charge in [0, 0.05) is 17.3 Å². The first-order valence-corrected chi connectivity index (χ1v) is 11.7. The van der Waals surface area contributed by atoms with E-state index in [9.17, 15) is 13.2 Å². The fraction of sp³-hybridized carbons (Fsp3) is 0.240. The van der Waals surface area contributed by atoms with Crippen LogP contribution >= 0.6 is 0 Å². The summed E-state index contributed by atoms with van der Waals surface area (Å²) >= 11 is 0. The van der Waals surface area contributed by atoms with Gasteiger partial charge in [-0.2, -0.15) is 0 Å². The highest BCUT2D eigenvalue weighted by Crippen LogP contribution is 2.35. The molecule has 0 atom stereocenters. The number of hydrogen-bond acceptors (Lipinski definition) is 4. The molecule has 7 heteroatoms. The number of hydrogen-bond donors (Lipinski definition) is 2. The number of aryl methyl sites for hydroxylation is 3. The molecule has 0 aliphatic heterocycles. The zero-order valence-corrected chi connectivity index (χ0v) is 20.0. The molecule has 0 unspecified atom stereocenters. The first-order chi connectivity index (χ1) is 15.0. The molecule has 0 bridgehead atoms. The van der Waals surface area contributed by atoms with E-state index in [1.807, 2.05) is 26.0 Å². The molecule has 0 aliphatic carbocycles. The molecule has 1 amide bonds. The number of nitrogens with one attached hydrogen (secondary N) is 2. The SMILES string of the molecule is COc1cc(NC(=O)c2ccccc2)c(C)cc1NS(=O)(=O)c1c(C)c(C)cc(C)c1C. The third-order valence-electron chi connectivity index (χ3n) is 5.64. The van der Waals surface area contributed by atoms with Gasteiger partial charge in [-0.05, 0) is 80.6 Å². The topological polar surface area (TPSA) is 84.5 Å². The van der Waals surface area contributed by atoms with Crippen LogP contribution < -0.4 is 14.8 Å². The van der Waals surface area contributed by atoms with E-state index in [-0.39, 0.29) is 10.8 Å². The second kappa shape index (κ2) is 9.04. The number of carbonyl (C=O) groups is 1. The molecule has 0 saturated heterocycles. The average Bonchev–Trinajstić information content (AvgIpc) is 2.74. The molecule has 0 heterocycles. The minimum absolute atomic E-state index is 0.259. The van der Waals surface area contributed by atoms with Crippen LogP contribution in [0.25, 0.3) is 0 Å². The summed E-state index contributed by atoms with van der Waals surface area (Å²) in [6.07, 6.45) is 0. The monoisotopic (exact) mass is 452 g/mol. The fourth-order valence-corrected chi connectivity index (χ4v) is 5.31. The molecule has 6 nitrogen and oxygen atoms in total. The number of anilines is 2. The predicted molar refractivity (Wildman–Crippen MR) is 128 cm³/mol. The smallest absolute Gasteiger partial charge is 0.262 e. The van der Waals surface area contributed by atoms with Crippen LogP contribution in [0, 0.1) is 34.6 Å². The number of ether oxygens (including phenoxy) is 1. The van der Waals surface area contributed by atoms with Crippen LogP contribution in [0.1, 0.15) is 38.2 Å². The van der Waals surface area contributed by atoms with Gasteiger partial charge in [-0.25, -0.2) is 8.42 Å². The van der Waals surface area contributed by atoms with Gasteiger partial charge in [-0.15, -0.1) is 0 Å². The third kappa shape index (κ3) is 4.62. The Morgan fingerprint density at radius 2 is 1.41 bits per heavy atom. The second-order valence-electron chi connectivity index (χ2n) is 7.88. The van der Waals surface area contributed by atoms with Gasteiger partial charge in [0.05, 0.1) is 17.7 Å². The molecular formula is C25H28N2O4S. The Morgan fingerprint density at radius 3 is 1.97 bits per heavy atom. The van der Waals surface area contributed by atoms with Crippen molar-refractivity contribution in [2.75, 3.05) is 17.1 Å². The molecule has 2 N–H and O–H groups in total. The van der Waals surface area contributed by atoms with E-state index in [0.29, 0.717) is 39.4 Å². The Balaban J connectivity index is 1.98. The maximum atomic E-state index is 13.3. The summed E-state index contributed by atoms with van der Waals surface area (Å²) in [5.41, 5.74) is 5.31. The van der Waals surface area contributed by atoms with Crippen LogP contribution in [-0.4, -0.2) is 21.4 Å². The van der Waals surface area contributed by atoms with Crippen LogP contribution in [0.4, 0.5) is 11.4 Å². The van der Waals surface area contributed by atoms with Gasteiger partial charge in [0.2, 0.25) is 0 Å². The van der Waals surface area contributed by atoms with Gasteiger partial charge in [-0.3, -0.25) is 9.52 Å². The third-order valence-corrected chi connectivity index (χ3v) is 7.28. The van der Waals surface area contributed by atoms with E-state index in [4.69, 9.17) is 4.74 Å². The van der Waals surface area contributed by atoms with Crippen LogP contribution in [0.5, 0.6) is 5.75 Å². The normalized spacial score (nSPS) is 11.2. The molecule has 3 aromatic rings. The predicted octanol–water partition coefficient (Wildman–Crippen LogP) is 5.29. The summed E-state index contributed by atoms with van der Waals surface area (Å²) in [6.45, 7) is 9.21. The van der Waals surface area contributed by atoms with Crippen LogP contribution in [-0.2, 0) is 10.0 Å². The number of benzene rings is 3. The lowest BCUT2D eigenvalue weighted by Gasteiger charge is -2.19. The van der Waals surface area contributed by atoms with E-state index >= 15 is 0 Å². The van der Waals surface area contributed by atoms with E-state index in [2.05, 4.69) is 10.0 Å². The zero-order valence-electron chi connectivity index (χ0n) is 19.2. The lowest BCUT2D eigenvalue weighted by atomic mass is 10.0. The standard InChI is InChI=1S/C25H28N2O4S/c1-15-12-16(2)19(5)24(18(15)4)32(29,30)27-22-13-17(3)21(14-23(22)31-6)26-25(28)20-10-8-7-9-11-20/h7-14,27H,1-6H3,(H,26,28). The molecule has 0 saturated carbocycles. The Hall–Kier alpha value is -3.32. The molecule has 0 fully saturated rings. The highest BCUT2D eigenvalue weighted by atomic mass is 32.2. The van der Waals surface area contributed by atoms with E-state index in [1.54, 1.807) is 57.2 Å². The van der Waals surface area contributed by atoms with Crippen molar-refractivity contribution in [3.63, 3.8) is 0 Å². The van der Waals surface area contributed by atoms with Crippen molar-refractivity contribution in [3.05, 3.63) is 81.9 Å². The van der Waals surface area contributed by atoms with Crippen LogP contribution in [0.15, 0.2) is 53.4 Å². The summed E-state index contributed by atoms with van der Waals surface area (Å²) in [4.78, 5) is 12.8. The molecule has 3 rings (SSSR count). The van der Waals surface area contributed by atoms with Gasteiger partial charge in [-0.1, -0.05) is 24.3 Å². The van der Waals surface area contributed by atoms with Crippen molar-refractivity contribution < 1.29 is 17.9 Å². The highest BCUT2D eigenvalue weighted by molar-refractivity contribution is 7.92. The molecule has 0 radical (unpaired) electrons. The molecule has 168 valence electrons. The summed E-state index contributed by atoms with van der Waals surface area (Å²) in [5.74, 6) is 0.0489. The number of methoxy groups -OCH3 is 1. The first-order valence-electron chi connectivity index (χ1n) is 10.2. The lowest BCUT2D eigenvalue weighted by Crippen LogP contribution is -2.18. The van der Waals surface area contributed by atoms with Gasteiger partial charge in [0.15, 0.2) is 0 Å². The van der Waals surface area contributed by atoms with Crippen molar-refractivity contribution in [1.29, 1.82) is 0 Å².